The molecule has 1 heteroatoms. The fraction of sp³-hybridized carbons (Fsp3) is 0.172. The van der Waals surface area contributed by atoms with E-state index in [0.29, 0.717) is 0 Å². The minimum atomic E-state index is -0.138. The van der Waals surface area contributed by atoms with Crippen LogP contribution in [0.2, 0.25) is 0 Å². The van der Waals surface area contributed by atoms with Crippen molar-refractivity contribution in [2.75, 3.05) is 4.90 Å². The van der Waals surface area contributed by atoms with Gasteiger partial charge in [0.15, 0.2) is 0 Å². The first-order valence-corrected chi connectivity index (χ1v) is 21.3. The molecule has 0 N–H and O–H groups in total. The Kier molecular flexibility index (Phi) is 7.89. The monoisotopic (exact) mass is 759 g/mol. The summed E-state index contributed by atoms with van der Waals surface area (Å²) in [6.45, 7) is 12.0. The van der Waals surface area contributed by atoms with Crippen LogP contribution in [0.3, 0.4) is 0 Å². The minimum Gasteiger partial charge on any atom is -0.310 e. The first kappa shape index (κ1) is 35.7. The normalized spacial score (nSPS) is 19.7. The first-order valence-electron chi connectivity index (χ1n) is 21.3. The van der Waals surface area contributed by atoms with Gasteiger partial charge in [-0.1, -0.05) is 180 Å². The zero-order valence-electron chi connectivity index (χ0n) is 34.7. The summed E-state index contributed by atoms with van der Waals surface area (Å²) in [4.78, 5) is 2.47. The molecule has 0 spiro atoms. The Morgan fingerprint density at radius 3 is 1.95 bits per heavy atom. The number of fused-ring (bicyclic) bond motifs is 7. The first-order chi connectivity index (χ1) is 28.6. The van der Waals surface area contributed by atoms with Crippen LogP contribution in [0.25, 0.3) is 45.0 Å². The van der Waals surface area contributed by atoms with E-state index >= 15 is 0 Å². The molecule has 0 aliphatic heterocycles. The van der Waals surface area contributed by atoms with Crippen LogP contribution in [0, 0.1) is 5.41 Å². The molecule has 6 aromatic carbocycles. The Labute approximate surface area is 349 Å². The Morgan fingerprint density at radius 2 is 1.15 bits per heavy atom. The fourth-order valence-corrected chi connectivity index (χ4v) is 10.9. The van der Waals surface area contributed by atoms with Crippen molar-refractivity contribution in [2.24, 2.45) is 5.41 Å². The molecule has 0 saturated heterocycles. The number of hydrogen-bond acceptors (Lipinski definition) is 1. The molecule has 0 radical (unpaired) electrons. The number of allylic oxidation sites excluding steroid dienone is 10. The summed E-state index contributed by atoms with van der Waals surface area (Å²) in [7, 11) is 0. The molecular formula is C58H49N. The number of nitrogens with zero attached hydrogens (tertiary/aromatic N) is 1. The highest BCUT2D eigenvalue weighted by Crippen LogP contribution is 2.53. The summed E-state index contributed by atoms with van der Waals surface area (Å²) in [6.07, 6.45) is 20.8. The Hall–Kier alpha value is -6.44. The van der Waals surface area contributed by atoms with Gasteiger partial charge in [0.2, 0.25) is 0 Å². The van der Waals surface area contributed by atoms with Gasteiger partial charge < -0.3 is 4.90 Å². The largest absolute Gasteiger partial charge is 0.310 e. The van der Waals surface area contributed by atoms with Gasteiger partial charge >= 0.3 is 0 Å². The summed E-state index contributed by atoms with van der Waals surface area (Å²) in [5, 5.41) is 2.74. The van der Waals surface area contributed by atoms with E-state index in [4.69, 9.17) is 0 Å². The smallest absolute Gasteiger partial charge is 0.0465 e. The van der Waals surface area contributed by atoms with Crippen LogP contribution >= 0.6 is 0 Å². The van der Waals surface area contributed by atoms with E-state index in [-0.39, 0.29) is 16.2 Å². The van der Waals surface area contributed by atoms with Gasteiger partial charge in [0.1, 0.15) is 0 Å². The van der Waals surface area contributed by atoms with Gasteiger partial charge in [-0.3, -0.25) is 0 Å². The van der Waals surface area contributed by atoms with Gasteiger partial charge in [-0.05, 0) is 132 Å². The predicted molar refractivity (Wildman–Crippen MR) is 250 cm³/mol. The SMILES string of the molecule is CC12C=CC=CC1=c1cccc(C3=CCC4=C(C=C3)c3ccc(N(c5ccc(-c6ccccc6)cc5)c5ccc6c(c5)C(C)(C)c5ccccc5-6)cc3C4(C)C)c1=CC2. The highest BCUT2D eigenvalue weighted by Gasteiger charge is 2.39. The molecule has 0 aromatic heterocycles. The lowest BCUT2D eigenvalue weighted by Gasteiger charge is -2.31. The number of hydrogen-bond donors (Lipinski definition) is 0. The molecule has 0 amide bonds. The van der Waals surface area contributed by atoms with Crippen molar-refractivity contribution < 1.29 is 0 Å². The topological polar surface area (TPSA) is 3.24 Å². The molecule has 0 fully saturated rings. The zero-order chi connectivity index (χ0) is 40.1. The third-order valence-corrected chi connectivity index (χ3v) is 14.2. The molecule has 286 valence electrons. The lowest BCUT2D eigenvalue weighted by atomic mass is 9.72. The fourth-order valence-electron chi connectivity index (χ4n) is 10.9. The summed E-state index contributed by atoms with van der Waals surface area (Å²) in [5.41, 5.74) is 20.9. The second-order valence-corrected chi connectivity index (χ2v) is 18.3. The second kappa shape index (κ2) is 13.0. The lowest BCUT2D eigenvalue weighted by molar-refractivity contribution is 0.590. The van der Waals surface area contributed by atoms with Crippen LogP contribution < -0.4 is 15.3 Å². The second-order valence-electron chi connectivity index (χ2n) is 18.3. The highest BCUT2D eigenvalue weighted by atomic mass is 15.1. The molecule has 6 aromatic rings. The Morgan fingerprint density at radius 1 is 0.492 bits per heavy atom. The average Bonchev–Trinajstić information content (AvgIpc) is 3.46. The summed E-state index contributed by atoms with van der Waals surface area (Å²) in [6, 6.07) is 49.9. The molecule has 0 bridgehead atoms. The van der Waals surface area contributed by atoms with Crippen LogP contribution in [0.5, 0.6) is 0 Å². The van der Waals surface area contributed by atoms with E-state index in [1.807, 2.05) is 0 Å². The van der Waals surface area contributed by atoms with Crippen molar-refractivity contribution in [3.63, 3.8) is 0 Å². The Balaban J connectivity index is 0.993. The third-order valence-electron chi connectivity index (χ3n) is 14.2. The highest BCUT2D eigenvalue weighted by molar-refractivity contribution is 5.93. The van der Waals surface area contributed by atoms with Crippen molar-refractivity contribution in [1.82, 2.24) is 0 Å². The Bertz CT molecular complexity index is 3030. The van der Waals surface area contributed by atoms with Gasteiger partial charge in [-0.25, -0.2) is 0 Å². The van der Waals surface area contributed by atoms with Crippen molar-refractivity contribution in [3.8, 4) is 22.3 Å². The van der Waals surface area contributed by atoms with E-state index in [9.17, 15) is 0 Å². The van der Waals surface area contributed by atoms with Gasteiger partial charge in [-0.2, -0.15) is 0 Å². The van der Waals surface area contributed by atoms with E-state index < -0.39 is 0 Å². The third kappa shape index (κ3) is 5.44. The van der Waals surface area contributed by atoms with Gasteiger partial charge in [0.25, 0.3) is 0 Å². The van der Waals surface area contributed by atoms with Crippen LogP contribution in [-0.2, 0) is 10.8 Å². The molecular weight excluding hydrogens is 711 g/mol. The van der Waals surface area contributed by atoms with Crippen molar-refractivity contribution in [1.29, 1.82) is 0 Å². The molecule has 5 aliphatic carbocycles. The van der Waals surface area contributed by atoms with E-state index in [1.165, 1.54) is 94.2 Å². The maximum Gasteiger partial charge on any atom is 0.0465 e. The number of benzene rings is 6. The average molecular weight is 760 g/mol. The quantitative estimate of drug-likeness (QED) is 0.169. The molecule has 5 aliphatic rings. The van der Waals surface area contributed by atoms with Crippen LogP contribution in [0.15, 0.2) is 182 Å². The van der Waals surface area contributed by atoms with Crippen molar-refractivity contribution in [2.45, 2.75) is 58.3 Å². The van der Waals surface area contributed by atoms with Crippen molar-refractivity contribution in [3.05, 3.63) is 220 Å². The van der Waals surface area contributed by atoms with E-state index in [0.717, 1.165) is 18.5 Å². The zero-order valence-corrected chi connectivity index (χ0v) is 34.7. The molecule has 0 saturated carbocycles. The number of anilines is 3. The summed E-state index contributed by atoms with van der Waals surface area (Å²) < 4.78 is 0. The van der Waals surface area contributed by atoms with Crippen LogP contribution in [0.4, 0.5) is 17.1 Å². The van der Waals surface area contributed by atoms with Crippen LogP contribution in [0.1, 0.15) is 75.3 Å². The molecule has 1 unspecified atom stereocenters. The molecule has 59 heavy (non-hydrogen) atoms. The molecule has 11 rings (SSSR count). The van der Waals surface area contributed by atoms with Crippen LogP contribution in [-0.4, -0.2) is 0 Å². The maximum absolute atomic E-state index is 2.48. The van der Waals surface area contributed by atoms with Crippen molar-refractivity contribution >= 4 is 39.9 Å². The maximum atomic E-state index is 2.48. The standard InChI is InChI=1S/C58H49N/c1-56(2)51-19-10-9-16-47(51)49-30-27-42(36-54(49)56)59(41-25-21-39(22-26-41)38-14-7-6-8-15-38)43-28-31-50-48-29-23-40(24-32-52(48)57(3,4)55(50)37-43)44-17-13-18-46-45(44)33-35-58(5)34-12-11-20-53(46)58/h6-31,33-34,36-37H,32,35H2,1-5H3. The molecule has 0 heterocycles. The van der Waals surface area contributed by atoms with Gasteiger partial charge in [0, 0.05) is 33.3 Å². The van der Waals surface area contributed by atoms with Gasteiger partial charge in [-0.15, -0.1) is 0 Å². The lowest BCUT2D eigenvalue weighted by Crippen LogP contribution is -2.38. The molecule has 1 nitrogen and oxygen atoms in total. The summed E-state index contributed by atoms with van der Waals surface area (Å²) in [5.74, 6) is 0. The number of rotatable bonds is 5. The van der Waals surface area contributed by atoms with E-state index in [2.05, 4.69) is 222 Å². The minimum absolute atomic E-state index is 0.0630. The van der Waals surface area contributed by atoms with E-state index in [1.54, 1.807) is 0 Å². The summed E-state index contributed by atoms with van der Waals surface area (Å²) >= 11 is 0. The predicted octanol–water partition coefficient (Wildman–Crippen LogP) is 13.7. The van der Waals surface area contributed by atoms with Gasteiger partial charge in [0.05, 0.1) is 0 Å². The molecule has 1 atom stereocenters.